The first kappa shape index (κ1) is 17.2. The summed E-state index contributed by atoms with van der Waals surface area (Å²) in [6.07, 6.45) is 1.49. The Kier molecular flexibility index (Phi) is 3.77. The van der Waals surface area contributed by atoms with E-state index in [1.54, 1.807) is 24.3 Å². The maximum Gasteiger partial charge on any atom is 0.296 e. The fourth-order valence-corrected chi connectivity index (χ4v) is 3.67. The summed E-state index contributed by atoms with van der Waals surface area (Å²) in [6.45, 7) is 0. The van der Waals surface area contributed by atoms with Gasteiger partial charge in [-0.3, -0.25) is 14.5 Å². The summed E-state index contributed by atoms with van der Waals surface area (Å²) in [5.41, 5.74) is -0.420. The molecular weight excluding hydrogens is 378 g/mol. The predicted molar refractivity (Wildman–Crippen MR) is 102 cm³/mol. The Morgan fingerprint density at radius 3 is 2.52 bits per heavy atom. The van der Waals surface area contributed by atoms with E-state index in [-0.39, 0.29) is 33.7 Å². The first-order valence-electron chi connectivity index (χ1n) is 8.81. The van der Waals surface area contributed by atoms with Crippen LogP contribution in [-0.4, -0.2) is 10.9 Å². The van der Waals surface area contributed by atoms with Crippen molar-refractivity contribution in [1.82, 2.24) is 4.98 Å². The number of nitrogens with zero attached hydrogens (tertiary/aromatic N) is 2. The first-order chi connectivity index (χ1) is 14.1. The minimum absolute atomic E-state index is 0.0132. The lowest BCUT2D eigenvalue weighted by atomic mass is 9.98. The molecule has 1 aliphatic heterocycles. The number of carbonyl (C=O) groups is 1. The standard InChI is InChI=1S/C22H12F2N2O3/c23-12-8-9-16-14(11-12)20(27)18-19(13-5-1-2-6-15(13)24)26(22(28)21(18)29-16)17-7-3-4-10-25-17/h1-11,19H. The summed E-state index contributed by atoms with van der Waals surface area (Å²) in [5, 5.41) is -0.0132. The first-order valence-corrected chi connectivity index (χ1v) is 8.81. The molecule has 0 N–H and O–H groups in total. The van der Waals surface area contributed by atoms with Crippen molar-refractivity contribution in [3.63, 3.8) is 0 Å². The van der Waals surface area contributed by atoms with E-state index in [1.807, 2.05) is 0 Å². The average Bonchev–Trinajstić information content (AvgIpc) is 3.02. The van der Waals surface area contributed by atoms with Crippen LogP contribution < -0.4 is 10.3 Å². The van der Waals surface area contributed by atoms with Gasteiger partial charge < -0.3 is 4.42 Å². The van der Waals surface area contributed by atoms with Crippen LogP contribution in [0.15, 0.2) is 76.1 Å². The highest BCUT2D eigenvalue weighted by atomic mass is 19.1. The van der Waals surface area contributed by atoms with Crippen molar-refractivity contribution in [2.45, 2.75) is 6.04 Å². The number of hydrogen-bond acceptors (Lipinski definition) is 4. The maximum absolute atomic E-state index is 14.7. The lowest BCUT2D eigenvalue weighted by molar-refractivity contribution is 0.0970. The lowest BCUT2D eigenvalue weighted by Gasteiger charge is -2.24. The number of rotatable bonds is 2. The number of anilines is 1. The SMILES string of the molecule is O=C1c2oc3ccc(F)cc3c(=O)c2C(c2ccccc2F)N1c1ccccn1. The van der Waals surface area contributed by atoms with Crippen LogP contribution in [0.4, 0.5) is 14.6 Å². The van der Waals surface area contributed by atoms with E-state index in [1.165, 1.54) is 35.4 Å². The van der Waals surface area contributed by atoms with E-state index in [2.05, 4.69) is 4.98 Å². The number of carbonyl (C=O) groups excluding carboxylic acids is 1. The van der Waals surface area contributed by atoms with Crippen molar-refractivity contribution >= 4 is 22.7 Å². The fraction of sp³-hybridized carbons (Fsp3) is 0.0455. The van der Waals surface area contributed by atoms with Crippen molar-refractivity contribution in [1.29, 1.82) is 0 Å². The van der Waals surface area contributed by atoms with Crippen LogP contribution in [0, 0.1) is 11.6 Å². The highest BCUT2D eigenvalue weighted by molar-refractivity contribution is 6.10. The van der Waals surface area contributed by atoms with Crippen LogP contribution in [-0.2, 0) is 0 Å². The Morgan fingerprint density at radius 2 is 1.76 bits per heavy atom. The third-order valence-corrected chi connectivity index (χ3v) is 4.93. The van der Waals surface area contributed by atoms with E-state index < -0.39 is 29.0 Å². The van der Waals surface area contributed by atoms with Gasteiger partial charge in [-0.1, -0.05) is 24.3 Å². The van der Waals surface area contributed by atoms with Gasteiger partial charge >= 0.3 is 0 Å². The van der Waals surface area contributed by atoms with Gasteiger partial charge in [0.15, 0.2) is 5.43 Å². The van der Waals surface area contributed by atoms with Gasteiger partial charge in [-0.25, -0.2) is 13.8 Å². The van der Waals surface area contributed by atoms with Crippen molar-refractivity contribution in [3.8, 4) is 0 Å². The van der Waals surface area contributed by atoms with E-state index in [0.29, 0.717) is 0 Å². The van der Waals surface area contributed by atoms with Gasteiger partial charge in [-0.2, -0.15) is 0 Å². The third kappa shape index (κ3) is 2.55. The van der Waals surface area contributed by atoms with Gasteiger partial charge in [0.05, 0.1) is 17.0 Å². The van der Waals surface area contributed by atoms with Crippen molar-refractivity contribution in [3.05, 3.63) is 106 Å². The third-order valence-electron chi connectivity index (χ3n) is 4.93. The molecule has 4 aromatic rings. The summed E-state index contributed by atoms with van der Waals surface area (Å²) in [6, 6.07) is 13.2. The van der Waals surface area contributed by atoms with Gasteiger partial charge in [0.1, 0.15) is 23.0 Å². The Labute approximate surface area is 162 Å². The molecule has 5 nitrogen and oxygen atoms in total. The molecule has 0 saturated carbocycles. The number of fused-ring (bicyclic) bond motifs is 2. The molecule has 0 bridgehead atoms. The molecule has 0 aliphatic carbocycles. The zero-order chi connectivity index (χ0) is 20.1. The zero-order valence-corrected chi connectivity index (χ0v) is 14.8. The van der Waals surface area contributed by atoms with Gasteiger partial charge in [-0.05, 0) is 36.4 Å². The lowest BCUT2D eigenvalue weighted by Crippen LogP contribution is -2.30. The van der Waals surface area contributed by atoms with Crippen LogP contribution in [0.2, 0.25) is 0 Å². The summed E-state index contributed by atoms with van der Waals surface area (Å²) < 4.78 is 34.1. The maximum atomic E-state index is 14.7. The second kappa shape index (κ2) is 6.34. The summed E-state index contributed by atoms with van der Waals surface area (Å²) in [4.78, 5) is 31.9. The van der Waals surface area contributed by atoms with Crippen LogP contribution in [0.25, 0.3) is 11.0 Å². The van der Waals surface area contributed by atoms with Crippen LogP contribution >= 0.6 is 0 Å². The minimum Gasteiger partial charge on any atom is -0.450 e. The molecule has 0 radical (unpaired) electrons. The topological polar surface area (TPSA) is 63.4 Å². The number of aromatic nitrogens is 1. The molecule has 1 amide bonds. The Balaban J connectivity index is 1.86. The van der Waals surface area contributed by atoms with Crippen molar-refractivity contribution in [2.24, 2.45) is 0 Å². The smallest absolute Gasteiger partial charge is 0.296 e. The van der Waals surface area contributed by atoms with Crippen molar-refractivity contribution in [2.75, 3.05) is 4.90 Å². The number of hydrogen-bond donors (Lipinski definition) is 0. The zero-order valence-electron chi connectivity index (χ0n) is 14.8. The Morgan fingerprint density at radius 1 is 0.966 bits per heavy atom. The number of benzene rings is 2. The van der Waals surface area contributed by atoms with E-state index >= 15 is 0 Å². The minimum atomic E-state index is -1.09. The Hall–Kier alpha value is -3.87. The number of pyridine rings is 1. The van der Waals surface area contributed by atoms with Gasteiger partial charge in [0, 0.05) is 11.8 Å². The monoisotopic (exact) mass is 390 g/mol. The molecule has 5 rings (SSSR count). The molecule has 0 saturated heterocycles. The molecule has 3 heterocycles. The molecule has 1 unspecified atom stereocenters. The quantitative estimate of drug-likeness (QED) is 0.514. The van der Waals surface area contributed by atoms with E-state index in [0.717, 1.165) is 12.1 Å². The summed E-state index contributed by atoms with van der Waals surface area (Å²) in [5.74, 6) is -1.77. The molecule has 142 valence electrons. The highest BCUT2D eigenvalue weighted by Gasteiger charge is 2.45. The molecule has 29 heavy (non-hydrogen) atoms. The second-order valence-corrected chi connectivity index (χ2v) is 6.60. The van der Waals surface area contributed by atoms with Crippen molar-refractivity contribution < 1.29 is 18.0 Å². The summed E-state index contributed by atoms with van der Waals surface area (Å²) in [7, 11) is 0. The van der Waals surface area contributed by atoms with Gasteiger partial charge in [0.2, 0.25) is 5.76 Å². The molecule has 7 heteroatoms. The number of amides is 1. The molecule has 0 fully saturated rings. The highest BCUT2D eigenvalue weighted by Crippen LogP contribution is 2.41. The largest absolute Gasteiger partial charge is 0.450 e. The Bertz CT molecular complexity index is 1340. The van der Waals surface area contributed by atoms with Crippen LogP contribution in [0.1, 0.15) is 27.7 Å². The average molecular weight is 390 g/mol. The van der Waals surface area contributed by atoms with Gasteiger partial charge in [-0.15, -0.1) is 0 Å². The molecule has 0 spiro atoms. The molecular formula is C22H12F2N2O3. The van der Waals surface area contributed by atoms with Crippen LogP contribution in [0.3, 0.4) is 0 Å². The molecule has 1 aliphatic rings. The van der Waals surface area contributed by atoms with E-state index in [9.17, 15) is 18.4 Å². The molecule has 2 aromatic heterocycles. The van der Waals surface area contributed by atoms with Gasteiger partial charge in [0.25, 0.3) is 5.91 Å². The number of halogens is 2. The summed E-state index contributed by atoms with van der Waals surface area (Å²) >= 11 is 0. The molecule has 2 aromatic carbocycles. The molecule has 1 atom stereocenters. The normalized spacial score (nSPS) is 15.7. The second-order valence-electron chi connectivity index (χ2n) is 6.60. The fourth-order valence-electron chi connectivity index (χ4n) is 3.67. The van der Waals surface area contributed by atoms with Crippen LogP contribution in [0.5, 0.6) is 0 Å². The predicted octanol–water partition coefficient (Wildman–Crippen LogP) is 4.22. The van der Waals surface area contributed by atoms with E-state index in [4.69, 9.17) is 4.42 Å².